The van der Waals surface area contributed by atoms with E-state index in [0.717, 1.165) is 28.0 Å². The summed E-state index contributed by atoms with van der Waals surface area (Å²) in [5.41, 5.74) is 4.43. The van der Waals surface area contributed by atoms with Gasteiger partial charge >= 0.3 is 5.97 Å². The summed E-state index contributed by atoms with van der Waals surface area (Å²) in [5.74, 6) is -0.611. The molecule has 4 heterocycles. The smallest absolute Gasteiger partial charge is 0.339 e. The number of nitro groups is 1. The molecule has 4 aromatic heterocycles. The Morgan fingerprint density at radius 3 is 2.60 bits per heavy atom. The lowest BCUT2D eigenvalue weighted by Crippen LogP contribution is -2.29. The number of nitriles is 1. The predicted octanol–water partition coefficient (Wildman–Crippen LogP) is 5.21. The fourth-order valence-electron chi connectivity index (χ4n) is 4.40. The summed E-state index contributed by atoms with van der Waals surface area (Å²) in [6.07, 6.45) is 5.86. The maximum atomic E-state index is 12.8. The number of benzene rings is 1. The van der Waals surface area contributed by atoms with Crippen molar-refractivity contribution in [2.75, 3.05) is 0 Å². The summed E-state index contributed by atoms with van der Waals surface area (Å²) in [7, 11) is 0. The normalized spacial score (nSPS) is 12.6. The van der Waals surface area contributed by atoms with E-state index in [1.54, 1.807) is 24.0 Å². The van der Waals surface area contributed by atoms with Crippen molar-refractivity contribution >= 4 is 17.2 Å². The number of esters is 1. The number of hydrogen-bond acceptors (Lipinski definition) is 8. The van der Waals surface area contributed by atoms with Crippen LogP contribution >= 0.6 is 0 Å². The van der Waals surface area contributed by atoms with E-state index < -0.39 is 16.5 Å². The molecule has 0 saturated heterocycles. The molecule has 11 nitrogen and oxygen atoms in total. The van der Waals surface area contributed by atoms with Crippen molar-refractivity contribution in [2.24, 2.45) is 0 Å². The first-order valence-corrected chi connectivity index (χ1v) is 12.6. The van der Waals surface area contributed by atoms with Gasteiger partial charge < -0.3 is 9.14 Å². The van der Waals surface area contributed by atoms with Gasteiger partial charge in [0.2, 0.25) is 0 Å². The minimum atomic E-state index is -1.05. The largest absolute Gasteiger partial charge is 0.449 e. The Balaban J connectivity index is 1.36. The Labute approximate surface area is 229 Å². The molecular formula is C29H25N7O4. The summed E-state index contributed by atoms with van der Waals surface area (Å²) in [6, 6.07) is 17.2. The van der Waals surface area contributed by atoms with Gasteiger partial charge in [0.25, 0.3) is 5.69 Å². The van der Waals surface area contributed by atoms with Crippen molar-refractivity contribution in [1.82, 2.24) is 24.4 Å². The monoisotopic (exact) mass is 535 g/mol. The summed E-state index contributed by atoms with van der Waals surface area (Å²) in [5, 5.41) is 29.2. The first-order valence-electron chi connectivity index (χ1n) is 12.6. The second-order valence-electron chi connectivity index (χ2n) is 9.62. The van der Waals surface area contributed by atoms with E-state index in [1.165, 1.54) is 24.3 Å². The van der Waals surface area contributed by atoms with Crippen LogP contribution in [-0.4, -0.2) is 35.3 Å². The lowest BCUT2D eigenvalue weighted by molar-refractivity contribution is -0.384. The molecule has 0 radical (unpaired) electrons. The van der Waals surface area contributed by atoms with Gasteiger partial charge in [0.05, 0.1) is 34.5 Å². The molecule has 0 aliphatic rings. The average molecular weight is 536 g/mol. The van der Waals surface area contributed by atoms with Gasteiger partial charge in [-0.3, -0.25) is 15.1 Å². The molecule has 0 spiro atoms. The van der Waals surface area contributed by atoms with E-state index in [1.807, 2.05) is 54.8 Å². The Hall–Kier alpha value is -5.37. The van der Waals surface area contributed by atoms with Crippen LogP contribution in [0.4, 0.5) is 5.69 Å². The number of rotatable bonds is 8. The molecule has 1 aromatic carbocycles. The number of ether oxygens (including phenoxy) is 1. The third kappa shape index (κ3) is 5.02. The number of carbonyl (C=O) groups is 1. The maximum absolute atomic E-state index is 12.8. The van der Waals surface area contributed by atoms with Crippen LogP contribution in [0.25, 0.3) is 16.8 Å². The van der Waals surface area contributed by atoms with Gasteiger partial charge in [0, 0.05) is 41.3 Å². The lowest BCUT2D eigenvalue weighted by atomic mass is 9.99. The van der Waals surface area contributed by atoms with Crippen LogP contribution in [0.3, 0.4) is 0 Å². The van der Waals surface area contributed by atoms with E-state index in [0.29, 0.717) is 24.2 Å². The van der Waals surface area contributed by atoms with Crippen molar-refractivity contribution in [3.63, 3.8) is 0 Å². The van der Waals surface area contributed by atoms with Gasteiger partial charge in [-0.15, -0.1) is 5.10 Å². The number of aromatic nitrogens is 5. The van der Waals surface area contributed by atoms with E-state index >= 15 is 0 Å². The number of pyridine rings is 2. The Morgan fingerprint density at radius 2 is 1.95 bits per heavy atom. The first kappa shape index (κ1) is 26.2. The number of carbonyl (C=O) groups excluding carboxylic acids is 1. The van der Waals surface area contributed by atoms with E-state index in [4.69, 9.17) is 4.74 Å². The zero-order valence-electron chi connectivity index (χ0n) is 22.1. The van der Waals surface area contributed by atoms with Gasteiger partial charge in [0.15, 0.2) is 5.60 Å². The molecular weight excluding hydrogens is 510 g/mol. The Morgan fingerprint density at radius 1 is 1.18 bits per heavy atom. The fraction of sp³-hybridized carbons (Fsp3) is 0.207. The Bertz CT molecular complexity index is 1770. The molecule has 0 saturated carbocycles. The topological polar surface area (TPSA) is 141 Å². The van der Waals surface area contributed by atoms with Crippen LogP contribution < -0.4 is 0 Å². The second kappa shape index (κ2) is 10.4. The highest BCUT2D eigenvalue weighted by Gasteiger charge is 2.33. The minimum Gasteiger partial charge on any atom is -0.449 e. The first-order chi connectivity index (χ1) is 19.2. The predicted molar refractivity (Wildman–Crippen MR) is 145 cm³/mol. The summed E-state index contributed by atoms with van der Waals surface area (Å²) in [6.45, 7) is 5.95. The van der Waals surface area contributed by atoms with Crippen molar-refractivity contribution in [3.05, 3.63) is 111 Å². The SMILES string of the molecule is CCC(C)(OC(=O)c1ccc([N+](=O)[O-])cc1)c1cn(Cc2ccn3c(-c4ccc(C)nc4)c(C#N)cc3c2)nn1. The van der Waals surface area contributed by atoms with Gasteiger partial charge in [-0.1, -0.05) is 12.1 Å². The number of nitro benzene ring substituents is 1. The molecule has 0 aliphatic heterocycles. The third-order valence-corrected chi connectivity index (χ3v) is 6.87. The molecule has 0 aliphatic carbocycles. The standard InChI is InChI=1S/C29H25N7O4/c1-4-29(3,40-28(37)21-7-9-24(10-8-21)36(38)39)26-18-34(33-32-26)17-20-11-12-35-25(13-20)14-23(15-30)27(35)22-6-5-19(2)31-16-22/h5-14,16,18H,4,17H2,1-3H3. The van der Waals surface area contributed by atoms with E-state index in [-0.39, 0.29) is 11.3 Å². The highest BCUT2D eigenvalue weighted by molar-refractivity contribution is 5.90. The summed E-state index contributed by atoms with van der Waals surface area (Å²) >= 11 is 0. The summed E-state index contributed by atoms with van der Waals surface area (Å²) in [4.78, 5) is 27.5. The van der Waals surface area contributed by atoms with Crippen LogP contribution in [0.15, 0.2) is 73.2 Å². The van der Waals surface area contributed by atoms with Gasteiger partial charge in [-0.25, -0.2) is 9.48 Å². The lowest BCUT2D eigenvalue weighted by Gasteiger charge is -2.26. The molecule has 5 aromatic rings. The van der Waals surface area contributed by atoms with Crippen molar-refractivity contribution in [2.45, 2.75) is 39.3 Å². The van der Waals surface area contributed by atoms with Gasteiger partial charge in [-0.05, 0) is 68.3 Å². The molecule has 0 amide bonds. The Kier molecular flexibility index (Phi) is 6.83. The van der Waals surface area contributed by atoms with Crippen LogP contribution in [0.2, 0.25) is 0 Å². The van der Waals surface area contributed by atoms with Crippen molar-refractivity contribution in [1.29, 1.82) is 5.26 Å². The van der Waals surface area contributed by atoms with E-state index in [9.17, 15) is 20.2 Å². The van der Waals surface area contributed by atoms with Crippen molar-refractivity contribution < 1.29 is 14.5 Å². The number of non-ortho nitro benzene ring substituents is 1. The molecule has 200 valence electrons. The van der Waals surface area contributed by atoms with Gasteiger partial charge in [0.1, 0.15) is 11.8 Å². The maximum Gasteiger partial charge on any atom is 0.339 e. The molecule has 5 rings (SSSR count). The quantitative estimate of drug-likeness (QED) is 0.150. The molecule has 40 heavy (non-hydrogen) atoms. The molecule has 0 fully saturated rings. The number of nitrogens with zero attached hydrogens (tertiary/aromatic N) is 7. The molecule has 0 N–H and O–H groups in total. The van der Waals surface area contributed by atoms with Crippen LogP contribution in [-0.2, 0) is 16.9 Å². The minimum absolute atomic E-state index is 0.108. The highest BCUT2D eigenvalue weighted by Crippen LogP contribution is 2.30. The number of hydrogen-bond donors (Lipinski definition) is 0. The zero-order valence-corrected chi connectivity index (χ0v) is 22.1. The highest BCUT2D eigenvalue weighted by atomic mass is 16.6. The second-order valence-corrected chi connectivity index (χ2v) is 9.62. The van der Waals surface area contributed by atoms with Crippen molar-refractivity contribution in [3.8, 4) is 17.3 Å². The number of aryl methyl sites for hydroxylation is 1. The molecule has 0 bridgehead atoms. The average Bonchev–Trinajstić information content (AvgIpc) is 3.58. The van der Waals surface area contributed by atoms with E-state index in [2.05, 4.69) is 21.4 Å². The third-order valence-electron chi connectivity index (χ3n) is 6.87. The van der Waals surface area contributed by atoms with Crippen LogP contribution in [0, 0.1) is 28.4 Å². The zero-order chi connectivity index (χ0) is 28.4. The van der Waals surface area contributed by atoms with Crippen LogP contribution in [0.5, 0.6) is 0 Å². The molecule has 1 atom stereocenters. The van der Waals surface area contributed by atoms with Crippen LogP contribution in [0.1, 0.15) is 53.1 Å². The number of fused-ring (bicyclic) bond motifs is 1. The summed E-state index contributed by atoms with van der Waals surface area (Å²) < 4.78 is 9.42. The molecule has 11 heteroatoms. The van der Waals surface area contributed by atoms with Gasteiger partial charge in [-0.2, -0.15) is 5.26 Å². The molecule has 1 unspecified atom stereocenters. The fourth-order valence-corrected chi connectivity index (χ4v) is 4.40.